The van der Waals surface area contributed by atoms with Gasteiger partial charge in [0, 0.05) is 41.0 Å². The molecule has 0 unspecified atom stereocenters. The van der Waals surface area contributed by atoms with Crippen molar-refractivity contribution in [3.8, 4) is 89.5 Å². The van der Waals surface area contributed by atoms with Crippen molar-refractivity contribution in [1.82, 2.24) is 18.7 Å². The molecule has 0 bridgehead atoms. The van der Waals surface area contributed by atoms with Crippen molar-refractivity contribution in [1.29, 1.82) is 0 Å². The van der Waals surface area contributed by atoms with Gasteiger partial charge in [-0.1, -0.05) is 175 Å². The summed E-state index contributed by atoms with van der Waals surface area (Å²) in [6.07, 6.45) is 9.73. The molecule has 0 saturated heterocycles. The minimum atomic E-state index is -0.572. The predicted octanol–water partition coefficient (Wildman–Crippen LogP) is 22.0. The lowest BCUT2D eigenvalue weighted by molar-refractivity contribution is -0.744. The maximum absolute atomic E-state index is 14.8. The highest BCUT2D eigenvalue weighted by Gasteiger charge is 2.32. The molecule has 16 heteroatoms. The van der Waals surface area contributed by atoms with Crippen molar-refractivity contribution in [3.63, 3.8) is 0 Å². The minimum Gasteiger partial charge on any atom is -0.207 e. The first-order valence-electron chi connectivity index (χ1n) is 36.4. The Morgan fingerprint density at radius 1 is 0.294 bits per heavy atom. The number of hydrogen-bond donors (Lipinski definition) is 0. The van der Waals surface area contributed by atoms with Crippen LogP contribution < -0.4 is 18.7 Å². The van der Waals surface area contributed by atoms with Crippen LogP contribution in [0, 0.1) is 123 Å². The van der Waals surface area contributed by atoms with Crippen LogP contribution in [0.15, 0.2) is 213 Å². The van der Waals surface area contributed by atoms with Crippen LogP contribution in [-0.4, -0.2) is 18.7 Å². The third-order valence-corrected chi connectivity index (χ3v) is 20.7. The van der Waals surface area contributed by atoms with Gasteiger partial charge in [-0.2, -0.15) is 27.2 Å². The summed E-state index contributed by atoms with van der Waals surface area (Å²) < 4.78 is 127. The van der Waals surface area contributed by atoms with Gasteiger partial charge in [-0.05, 0) is 196 Å². The summed E-state index contributed by atoms with van der Waals surface area (Å²) in [5.41, 5.74) is 27.4. The fraction of sp³-hybridized carbons (Fsp3) is 0.226. The van der Waals surface area contributed by atoms with Crippen LogP contribution in [0.5, 0.6) is 0 Å². The van der Waals surface area contributed by atoms with Gasteiger partial charge in [-0.3, -0.25) is 0 Å². The number of benzene rings is 10. The lowest BCUT2D eigenvalue weighted by Crippen LogP contribution is -2.41. The first-order chi connectivity index (χ1) is 51.7. The number of hydrogen-bond acceptors (Lipinski definition) is 0. The SMILES string of the molecule is Cc1cc(-c2ccccc2)cc(C)c1-c1c[n+](-c2c(C)cc(F)cc2F)n(C)c1C.Cc1cc(F)cc(F)c1-[n+]1cc(-c2ccccc2)c(C)n1C.Cc1cc(F)cc(F)c1-n1cc(-c2c(C(C)C)cc(-c3ccccc3)cc2C(C)C)c[n+]1C.Cc1cccc(C)c1-c1c[n+](-c2c(C)cc(F)cc2F)n(C)c1C. The first kappa shape index (κ1) is 78.5. The van der Waals surface area contributed by atoms with Crippen LogP contribution in [0.1, 0.15) is 112 Å². The maximum Gasteiger partial charge on any atom is 0.274 e. The van der Waals surface area contributed by atoms with E-state index < -0.39 is 46.5 Å². The molecule has 4 heterocycles. The van der Waals surface area contributed by atoms with Crippen molar-refractivity contribution in [2.24, 2.45) is 28.2 Å². The Labute approximate surface area is 634 Å². The van der Waals surface area contributed by atoms with Crippen molar-refractivity contribution in [2.75, 3.05) is 0 Å². The van der Waals surface area contributed by atoms with E-state index in [4.69, 9.17) is 0 Å². The molecular weight excluding hydrogens is 1380 g/mol. The van der Waals surface area contributed by atoms with Gasteiger partial charge in [0.15, 0.2) is 30.3 Å². The highest BCUT2D eigenvalue weighted by Crippen LogP contribution is 2.41. The monoisotopic (exact) mass is 1470 g/mol. The molecule has 8 nitrogen and oxygen atoms in total. The zero-order valence-corrected chi connectivity index (χ0v) is 65.5. The van der Waals surface area contributed by atoms with Crippen LogP contribution in [0.25, 0.3) is 89.5 Å². The van der Waals surface area contributed by atoms with Gasteiger partial charge in [0.1, 0.15) is 29.0 Å². The zero-order valence-electron chi connectivity index (χ0n) is 65.5. The van der Waals surface area contributed by atoms with E-state index in [-0.39, 0.29) is 0 Å². The van der Waals surface area contributed by atoms with Crippen LogP contribution in [0.3, 0.4) is 0 Å². The smallest absolute Gasteiger partial charge is 0.207 e. The van der Waals surface area contributed by atoms with E-state index >= 15 is 0 Å². The van der Waals surface area contributed by atoms with Crippen LogP contribution >= 0.6 is 0 Å². The molecule has 0 radical (unpaired) electrons. The summed E-state index contributed by atoms with van der Waals surface area (Å²) in [4.78, 5) is 0. The van der Waals surface area contributed by atoms with Crippen molar-refractivity contribution >= 4 is 0 Å². The number of aromatic nitrogens is 8. The summed E-state index contributed by atoms with van der Waals surface area (Å²) in [5.74, 6) is -3.92. The van der Waals surface area contributed by atoms with E-state index in [0.717, 1.165) is 91.4 Å². The number of rotatable bonds is 12. The predicted molar refractivity (Wildman–Crippen MR) is 420 cm³/mol. The Morgan fingerprint density at radius 2 is 0.624 bits per heavy atom. The van der Waals surface area contributed by atoms with Gasteiger partial charge in [-0.25, -0.2) is 22.0 Å². The third kappa shape index (κ3) is 16.2. The zero-order chi connectivity index (χ0) is 78.9. The Kier molecular flexibility index (Phi) is 23.4. The summed E-state index contributed by atoms with van der Waals surface area (Å²) in [6.45, 7) is 30.1. The van der Waals surface area contributed by atoms with Crippen molar-refractivity contribution < 1.29 is 53.9 Å². The first-order valence-corrected chi connectivity index (χ1v) is 36.4. The maximum atomic E-state index is 14.8. The van der Waals surface area contributed by atoms with E-state index in [9.17, 15) is 35.1 Å². The molecule has 0 N–H and O–H groups in total. The molecule has 0 aliphatic carbocycles. The normalized spacial score (nSPS) is 11.2. The summed E-state index contributed by atoms with van der Waals surface area (Å²) in [5, 5.41) is 0. The molecule has 0 aliphatic heterocycles. The van der Waals surface area contributed by atoms with Crippen LogP contribution in [0.2, 0.25) is 0 Å². The minimum absolute atomic E-state index is 0.305. The standard InChI is InChI=1S/C29H31F2N2.C26H25F2N2.C20H21F2N2.C18H17F2N2/c1-18(2)25-13-22(21-10-8-7-9-11-21)14-26(19(3)4)28(25)23-16-32(6)33(17-23)29-20(5)12-24(30)15-27(29)31;1-16-11-21(20-9-7-6-8-10-20)12-17(2)25(16)23-15-30(29(5)19(23)4)26-18(3)13-22(27)14-24(26)28;1-12-7-6-8-13(2)19(12)17-11-24(23(5)15(17)4)20-14(3)9-16(21)10-18(20)22;1-12-9-15(19)10-17(20)18(12)22-11-16(13(2)21(22)3)14-7-5-4-6-8-14/h7-19H,1-6H3;6-15H,1-5H3;6-11H,1-5H3;4-11H,1-3H3/q4*+1. The molecule has 14 aromatic rings. The van der Waals surface area contributed by atoms with E-state index in [2.05, 4.69) is 128 Å². The second kappa shape index (κ2) is 32.5. The lowest BCUT2D eigenvalue weighted by atomic mass is 9.83. The molecule has 4 aromatic heterocycles. The summed E-state index contributed by atoms with van der Waals surface area (Å²) in [7, 11) is 7.52. The van der Waals surface area contributed by atoms with Gasteiger partial charge < -0.3 is 0 Å². The van der Waals surface area contributed by atoms with Crippen molar-refractivity contribution in [2.45, 2.75) is 116 Å². The fourth-order valence-corrected chi connectivity index (χ4v) is 14.9. The highest BCUT2D eigenvalue weighted by atomic mass is 19.2. The Bertz CT molecular complexity index is 5560. The number of nitrogens with zero attached hydrogens (tertiary/aromatic N) is 8. The molecule has 0 amide bonds. The third-order valence-electron chi connectivity index (χ3n) is 20.7. The van der Waals surface area contributed by atoms with Gasteiger partial charge in [-0.15, -0.1) is 9.36 Å². The van der Waals surface area contributed by atoms with E-state index in [1.165, 1.54) is 74.3 Å². The Balaban J connectivity index is 0.000000146. The molecule has 0 spiro atoms. The molecular formula is C93H94F8N8+4. The Hall–Kier alpha value is -11.5. The molecule has 0 saturated carbocycles. The quantitative estimate of drug-likeness (QED) is 0.0863. The molecule has 0 atom stereocenters. The average molecular weight is 1480 g/mol. The second-order valence-corrected chi connectivity index (χ2v) is 29.0. The van der Waals surface area contributed by atoms with Gasteiger partial charge in [0.2, 0.25) is 24.8 Å². The average Bonchev–Trinajstić information content (AvgIpc) is 1.70. The van der Waals surface area contributed by atoms with Crippen LogP contribution in [0.4, 0.5) is 35.1 Å². The fourth-order valence-electron chi connectivity index (χ4n) is 14.9. The van der Waals surface area contributed by atoms with E-state index in [0.29, 0.717) is 56.8 Å². The summed E-state index contributed by atoms with van der Waals surface area (Å²) in [6, 6.07) is 54.9. The summed E-state index contributed by atoms with van der Waals surface area (Å²) >= 11 is 0. The molecule has 14 rings (SSSR count). The molecule has 0 fully saturated rings. The molecule has 10 aromatic carbocycles. The van der Waals surface area contributed by atoms with E-state index in [1.807, 2.05) is 159 Å². The molecule has 0 aliphatic rings. The largest absolute Gasteiger partial charge is 0.274 e. The second-order valence-electron chi connectivity index (χ2n) is 29.0. The molecule has 109 heavy (non-hydrogen) atoms. The number of aryl methyl sites for hydroxylation is 9. The van der Waals surface area contributed by atoms with Gasteiger partial charge >= 0.3 is 0 Å². The number of halogens is 8. The van der Waals surface area contributed by atoms with E-state index in [1.54, 1.807) is 46.4 Å². The highest BCUT2D eigenvalue weighted by molar-refractivity contribution is 5.79. The lowest BCUT2D eigenvalue weighted by Gasteiger charge is -2.20. The van der Waals surface area contributed by atoms with Gasteiger partial charge in [0.05, 0.1) is 66.7 Å². The molecule has 558 valence electrons. The van der Waals surface area contributed by atoms with Crippen molar-refractivity contribution in [3.05, 3.63) is 332 Å². The topological polar surface area (TPSA) is 35.2 Å². The van der Waals surface area contributed by atoms with Gasteiger partial charge in [0.25, 0.3) is 17.1 Å². The Morgan fingerprint density at radius 3 is 0.991 bits per heavy atom. The van der Waals surface area contributed by atoms with Crippen LogP contribution in [-0.2, 0) is 28.2 Å².